The van der Waals surface area contributed by atoms with Crippen molar-refractivity contribution in [2.24, 2.45) is 0 Å². The number of fused-ring (bicyclic) bond motifs is 1. The van der Waals surface area contributed by atoms with Crippen molar-refractivity contribution in [1.82, 2.24) is 0 Å². The number of rotatable bonds is 4. The van der Waals surface area contributed by atoms with Crippen molar-refractivity contribution in [2.45, 2.75) is 36.7 Å². The lowest BCUT2D eigenvalue weighted by molar-refractivity contribution is -0.124. The second kappa shape index (κ2) is 6.81. The van der Waals surface area contributed by atoms with Gasteiger partial charge >= 0.3 is 5.97 Å². The molecule has 2 aliphatic rings. The second-order valence-corrected chi connectivity index (χ2v) is 8.60. The molecule has 2 aromatic rings. The van der Waals surface area contributed by atoms with E-state index in [-0.39, 0.29) is 16.2 Å². The summed E-state index contributed by atoms with van der Waals surface area (Å²) in [5.74, 6) is -0.755. The molecule has 0 aromatic heterocycles. The third-order valence-corrected chi connectivity index (χ3v) is 6.81. The number of benzene rings is 2. The Bertz CT molecular complexity index is 1010. The largest absolute Gasteiger partial charge is 0.451 e. The normalized spacial score (nSPS) is 19.2. The number of Topliss-reactive ketones (excluding diaryl/α,β-unsaturated/α-hetero) is 1. The Labute approximate surface area is 157 Å². The van der Waals surface area contributed by atoms with Gasteiger partial charge in [0, 0.05) is 13.0 Å². The van der Waals surface area contributed by atoms with Crippen molar-refractivity contribution in [2.75, 3.05) is 10.8 Å². The first-order valence-corrected chi connectivity index (χ1v) is 10.4. The van der Waals surface area contributed by atoms with Crippen LogP contribution in [0.2, 0.25) is 0 Å². The molecule has 1 heterocycles. The molecular formula is C20H19NO5S. The highest BCUT2D eigenvalue weighted by molar-refractivity contribution is 7.92. The quantitative estimate of drug-likeness (QED) is 0.756. The van der Waals surface area contributed by atoms with Crippen molar-refractivity contribution in [1.29, 1.82) is 0 Å². The van der Waals surface area contributed by atoms with E-state index in [0.29, 0.717) is 37.9 Å². The number of sulfonamides is 1. The predicted molar refractivity (Wildman–Crippen MR) is 99.2 cm³/mol. The fourth-order valence-corrected chi connectivity index (χ4v) is 5.12. The van der Waals surface area contributed by atoms with E-state index in [0.717, 1.165) is 5.56 Å². The molecule has 6 nitrogen and oxygen atoms in total. The summed E-state index contributed by atoms with van der Waals surface area (Å²) >= 11 is 0. The highest BCUT2D eigenvalue weighted by atomic mass is 32.2. The van der Waals surface area contributed by atoms with Crippen LogP contribution in [0, 0.1) is 0 Å². The van der Waals surface area contributed by atoms with Crippen LogP contribution in [0.5, 0.6) is 0 Å². The van der Waals surface area contributed by atoms with Crippen LogP contribution in [-0.2, 0) is 26.0 Å². The number of esters is 1. The lowest BCUT2D eigenvalue weighted by Crippen LogP contribution is -2.29. The first-order chi connectivity index (χ1) is 13.0. The van der Waals surface area contributed by atoms with Crippen LogP contribution >= 0.6 is 0 Å². The minimum Gasteiger partial charge on any atom is -0.451 e. The van der Waals surface area contributed by atoms with Crippen LogP contribution in [0.25, 0.3) is 0 Å². The van der Waals surface area contributed by atoms with Crippen LogP contribution in [0.4, 0.5) is 5.69 Å². The molecular weight excluding hydrogens is 366 g/mol. The number of hydrogen-bond acceptors (Lipinski definition) is 5. The Hall–Kier alpha value is -2.67. The molecule has 0 amide bonds. The maximum absolute atomic E-state index is 13.1. The Balaban J connectivity index is 1.60. The summed E-state index contributed by atoms with van der Waals surface area (Å²) < 4.78 is 32.8. The van der Waals surface area contributed by atoms with Crippen LogP contribution < -0.4 is 4.31 Å². The van der Waals surface area contributed by atoms with Gasteiger partial charge in [0.15, 0.2) is 11.9 Å². The van der Waals surface area contributed by atoms with Gasteiger partial charge in [0.2, 0.25) is 0 Å². The molecule has 1 aliphatic heterocycles. The van der Waals surface area contributed by atoms with Gasteiger partial charge in [-0.05, 0) is 49.1 Å². The van der Waals surface area contributed by atoms with Gasteiger partial charge in [0.25, 0.3) is 10.0 Å². The van der Waals surface area contributed by atoms with E-state index < -0.39 is 22.1 Å². The average molecular weight is 385 g/mol. The fraction of sp³-hybridized carbons (Fsp3) is 0.300. The van der Waals surface area contributed by atoms with E-state index in [4.69, 9.17) is 4.74 Å². The Kier molecular flexibility index (Phi) is 4.47. The summed E-state index contributed by atoms with van der Waals surface area (Å²) in [6, 6.07) is 13.2. The molecule has 0 spiro atoms. The Morgan fingerprint density at radius 1 is 1.07 bits per heavy atom. The molecule has 1 atom stereocenters. The third kappa shape index (κ3) is 3.23. The van der Waals surface area contributed by atoms with Crippen LogP contribution in [-0.4, -0.2) is 32.8 Å². The molecule has 0 N–H and O–H groups in total. The number of carbonyl (C=O) groups is 2. The summed E-state index contributed by atoms with van der Waals surface area (Å²) in [6.45, 7) is 0.368. The summed E-state index contributed by atoms with van der Waals surface area (Å²) in [6.07, 6.45) is 1.58. The van der Waals surface area contributed by atoms with Crippen molar-refractivity contribution in [3.63, 3.8) is 0 Å². The summed E-state index contributed by atoms with van der Waals surface area (Å²) in [7, 11) is -3.79. The summed E-state index contributed by atoms with van der Waals surface area (Å²) in [5, 5.41) is 0. The minimum absolute atomic E-state index is 0.0337. The van der Waals surface area contributed by atoms with E-state index >= 15 is 0 Å². The van der Waals surface area contributed by atoms with Crippen LogP contribution in [0.15, 0.2) is 53.4 Å². The topological polar surface area (TPSA) is 80.8 Å². The average Bonchev–Trinajstić information content (AvgIpc) is 3.28. The van der Waals surface area contributed by atoms with Gasteiger partial charge in [-0.2, -0.15) is 0 Å². The fourth-order valence-electron chi connectivity index (χ4n) is 3.57. The molecule has 0 saturated heterocycles. The standard InChI is InChI=1S/C20H19NO5S/c22-18-9-4-10-19(18)26-20(23)15-6-3-7-16(13-15)27(24,25)21-12-11-14-5-1-2-8-17(14)21/h1-3,5-8,13,19H,4,9-12H2/t19-/m1/s1. The zero-order valence-electron chi connectivity index (χ0n) is 14.6. The van der Waals surface area contributed by atoms with Crippen molar-refractivity contribution < 1.29 is 22.7 Å². The molecule has 7 heteroatoms. The lowest BCUT2D eigenvalue weighted by Gasteiger charge is -2.20. The van der Waals surface area contributed by atoms with Gasteiger partial charge in [0.05, 0.1) is 16.1 Å². The smallest absolute Gasteiger partial charge is 0.338 e. The maximum Gasteiger partial charge on any atom is 0.338 e. The van der Waals surface area contributed by atoms with Gasteiger partial charge < -0.3 is 4.74 Å². The first-order valence-electron chi connectivity index (χ1n) is 8.91. The molecule has 1 fully saturated rings. The Morgan fingerprint density at radius 2 is 1.89 bits per heavy atom. The van der Waals surface area contributed by atoms with Crippen LogP contribution in [0.1, 0.15) is 35.2 Å². The molecule has 0 bridgehead atoms. The predicted octanol–water partition coefficient (Wildman–Crippen LogP) is 2.72. The number of anilines is 1. The van der Waals surface area contributed by atoms with E-state index in [1.165, 1.54) is 28.6 Å². The second-order valence-electron chi connectivity index (χ2n) is 6.74. The van der Waals surface area contributed by atoms with Crippen molar-refractivity contribution in [3.05, 3.63) is 59.7 Å². The van der Waals surface area contributed by atoms with Crippen molar-refractivity contribution in [3.8, 4) is 0 Å². The number of carbonyl (C=O) groups excluding carboxylic acids is 2. The SMILES string of the molecule is O=C(O[C@@H]1CCCC1=O)c1cccc(S(=O)(=O)N2CCc3ccccc32)c1. The zero-order chi connectivity index (χ0) is 19.0. The molecule has 0 unspecified atom stereocenters. The Morgan fingerprint density at radius 3 is 2.67 bits per heavy atom. The maximum atomic E-state index is 13.1. The third-order valence-electron chi connectivity index (χ3n) is 5.00. The lowest BCUT2D eigenvalue weighted by atomic mass is 10.2. The highest BCUT2D eigenvalue weighted by Gasteiger charge is 2.32. The summed E-state index contributed by atoms with van der Waals surface area (Å²) in [4.78, 5) is 24.1. The highest BCUT2D eigenvalue weighted by Crippen LogP contribution is 2.32. The number of ketones is 1. The van der Waals surface area contributed by atoms with Gasteiger partial charge in [-0.3, -0.25) is 9.10 Å². The minimum atomic E-state index is -3.79. The van der Waals surface area contributed by atoms with E-state index in [1.54, 1.807) is 12.1 Å². The van der Waals surface area contributed by atoms with Crippen LogP contribution in [0.3, 0.4) is 0 Å². The number of hydrogen-bond donors (Lipinski definition) is 0. The molecule has 2 aromatic carbocycles. The number of nitrogens with zero attached hydrogens (tertiary/aromatic N) is 1. The monoisotopic (exact) mass is 385 g/mol. The van der Waals surface area contributed by atoms with Gasteiger partial charge in [-0.15, -0.1) is 0 Å². The van der Waals surface area contributed by atoms with Gasteiger partial charge in [-0.1, -0.05) is 24.3 Å². The van der Waals surface area contributed by atoms with Gasteiger partial charge in [-0.25, -0.2) is 13.2 Å². The zero-order valence-corrected chi connectivity index (χ0v) is 15.4. The molecule has 27 heavy (non-hydrogen) atoms. The number of ether oxygens (including phenoxy) is 1. The molecule has 1 aliphatic carbocycles. The summed E-state index contributed by atoms with van der Waals surface area (Å²) in [5.41, 5.74) is 1.78. The van der Waals surface area contributed by atoms with Crippen molar-refractivity contribution >= 4 is 27.5 Å². The first kappa shape index (κ1) is 17.7. The van der Waals surface area contributed by atoms with E-state index in [2.05, 4.69) is 0 Å². The van der Waals surface area contributed by atoms with Gasteiger partial charge in [0.1, 0.15) is 0 Å². The molecule has 1 saturated carbocycles. The molecule has 0 radical (unpaired) electrons. The number of para-hydroxylation sites is 1. The molecule has 4 rings (SSSR count). The molecule has 140 valence electrons. The van der Waals surface area contributed by atoms with E-state index in [1.807, 2.05) is 12.1 Å². The van der Waals surface area contributed by atoms with E-state index in [9.17, 15) is 18.0 Å².